The molecular weight excluding hydrogens is 510 g/mol. The molecule has 1 fully saturated rings. The number of ether oxygens (including phenoxy) is 1. The van der Waals surface area contributed by atoms with Crippen molar-refractivity contribution in [3.63, 3.8) is 0 Å². The maximum Gasteiger partial charge on any atom is 0.169 e. The normalized spacial score (nSPS) is 21.7. The Labute approximate surface area is 238 Å². The molecule has 3 rings (SSSR count). The minimum Gasteiger partial charge on any atom is -0.485 e. The Bertz CT molecular complexity index is 951. The third-order valence-electron chi connectivity index (χ3n) is 8.33. The Morgan fingerprint density at radius 3 is 2.77 bits per heavy atom. The lowest BCUT2D eigenvalue weighted by Crippen LogP contribution is -2.42. The molecule has 2 heterocycles. The smallest absolute Gasteiger partial charge is 0.169 e. The van der Waals surface area contributed by atoms with Crippen LogP contribution in [-0.4, -0.2) is 52.9 Å². The molecule has 39 heavy (non-hydrogen) atoms. The highest BCUT2D eigenvalue weighted by molar-refractivity contribution is 7.83. The summed E-state index contributed by atoms with van der Waals surface area (Å²) in [6.07, 6.45) is 14.1. The molecule has 2 aliphatic rings. The van der Waals surface area contributed by atoms with Crippen LogP contribution in [0.3, 0.4) is 0 Å². The van der Waals surface area contributed by atoms with Gasteiger partial charge in [-0.1, -0.05) is 52.1 Å². The summed E-state index contributed by atoms with van der Waals surface area (Å²) in [6.45, 7) is 13.8. The maximum atomic E-state index is 12.5. The van der Waals surface area contributed by atoms with E-state index in [1.807, 2.05) is 20.0 Å². The van der Waals surface area contributed by atoms with Crippen LogP contribution in [0, 0.1) is 11.8 Å². The van der Waals surface area contributed by atoms with Crippen molar-refractivity contribution in [3.05, 3.63) is 23.5 Å². The van der Waals surface area contributed by atoms with E-state index in [9.17, 15) is 4.21 Å². The highest BCUT2D eigenvalue weighted by Gasteiger charge is 2.34. The first-order chi connectivity index (χ1) is 18.9. The summed E-state index contributed by atoms with van der Waals surface area (Å²) < 4.78 is 22.4. The number of aliphatic imine (C=N–C) groups is 1. The van der Waals surface area contributed by atoms with Crippen LogP contribution < -0.4 is 14.8 Å². The van der Waals surface area contributed by atoms with Crippen molar-refractivity contribution >= 4 is 23.5 Å². The average Bonchev–Trinajstić information content (AvgIpc) is 2.95. The number of rotatable bonds is 16. The molecule has 9 heteroatoms. The van der Waals surface area contributed by atoms with Crippen LogP contribution in [0.5, 0.6) is 5.75 Å². The maximum absolute atomic E-state index is 12.5. The van der Waals surface area contributed by atoms with Gasteiger partial charge in [0.25, 0.3) is 0 Å². The molecule has 3 atom stereocenters. The van der Waals surface area contributed by atoms with Crippen molar-refractivity contribution < 1.29 is 13.8 Å². The molecule has 8 nitrogen and oxygen atoms in total. The molecule has 1 aliphatic carbocycles. The molecule has 0 saturated heterocycles. The number of aromatic nitrogens is 1. The van der Waals surface area contributed by atoms with Crippen LogP contribution in [0.15, 0.2) is 22.4 Å². The van der Waals surface area contributed by atoms with Gasteiger partial charge < -0.3 is 9.57 Å². The van der Waals surface area contributed by atoms with E-state index in [0.717, 1.165) is 68.8 Å². The zero-order chi connectivity index (χ0) is 28.1. The number of oxime groups is 1. The fourth-order valence-corrected chi connectivity index (χ4v) is 6.87. The summed E-state index contributed by atoms with van der Waals surface area (Å²) >= 11 is 0. The molecule has 220 valence electrons. The number of nitrogens with zero attached hydrogens (tertiary/aromatic N) is 3. The van der Waals surface area contributed by atoms with Gasteiger partial charge in [-0.25, -0.2) is 13.9 Å². The number of hydrogen-bond donors (Lipinski definition) is 2. The van der Waals surface area contributed by atoms with Gasteiger partial charge in [-0.15, -0.1) is 0 Å². The van der Waals surface area contributed by atoms with E-state index in [1.54, 1.807) is 0 Å². The third-order valence-corrected chi connectivity index (χ3v) is 9.63. The van der Waals surface area contributed by atoms with E-state index >= 15 is 0 Å². The second-order valence-electron chi connectivity index (χ2n) is 11.4. The lowest BCUT2D eigenvalue weighted by atomic mass is 9.85. The van der Waals surface area contributed by atoms with Crippen LogP contribution in [-0.2, 0) is 22.2 Å². The molecular formula is C30H51N5O3S. The van der Waals surface area contributed by atoms with Crippen LogP contribution in [0.25, 0.3) is 0 Å². The first-order valence-electron chi connectivity index (χ1n) is 15.1. The number of fused-ring (bicyclic) bond motifs is 1. The summed E-state index contributed by atoms with van der Waals surface area (Å²) in [7, 11) is -0.931. The Morgan fingerprint density at radius 2 is 2.08 bits per heavy atom. The molecule has 1 aliphatic heterocycles. The fourth-order valence-electron chi connectivity index (χ4n) is 5.65. The molecule has 0 spiro atoms. The van der Waals surface area contributed by atoms with Gasteiger partial charge in [0.05, 0.1) is 17.2 Å². The van der Waals surface area contributed by atoms with Gasteiger partial charge >= 0.3 is 0 Å². The van der Waals surface area contributed by atoms with Crippen LogP contribution >= 0.6 is 0 Å². The number of amidine groups is 1. The Morgan fingerprint density at radius 1 is 1.28 bits per heavy atom. The molecule has 1 aromatic rings. The fraction of sp³-hybridized carbons (Fsp3) is 0.767. The SMILES string of the molecule is C=N/C(=N\OCNCCC1(CC)CCc2cc(C(CC)CCNS(=O)CC3CCCCC3)ncc2O1)C(C)C. The second-order valence-corrected chi connectivity index (χ2v) is 12.8. The number of nitrogens with one attached hydrogen (secondary N) is 2. The minimum absolute atomic E-state index is 0.182. The van der Waals surface area contributed by atoms with Gasteiger partial charge in [0.2, 0.25) is 0 Å². The van der Waals surface area contributed by atoms with Crippen molar-refractivity contribution in [2.24, 2.45) is 22.0 Å². The Balaban J connectivity index is 1.46. The Hall–Kier alpha value is -1.84. The van der Waals surface area contributed by atoms with E-state index in [4.69, 9.17) is 14.6 Å². The molecule has 2 N–H and O–H groups in total. The standard InChI is InChI=1S/C30H51N5O3S/c1-6-25(14-17-34-39(36)21-24-11-9-8-10-12-24)27-19-26-13-15-30(7-2,38-28(26)20-33-27)16-18-32-22-37-35-29(31-5)23(3)4/h19-20,23-25,32,34H,5-18,21-22H2,1-4H3/b35-29-. The summed E-state index contributed by atoms with van der Waals surface area (Å²) in [5.41, 5.74) is 2.17. The number of hydrogen-bond acceptors (Lipinski definition) is 6. The first kappa shape index (κ1) is 31.7. The van der Waals surface area contributed by atoms with Crippen molar-refractivity contribution in [2.75, 3.05) is 25.6 Å². The molecule has 0 aromatic carbocycles. The summed E-state index contributed by atoms with van der Waals surface area (Å²) in [5, 5.41) is 7.34. The van der Waals surface area contributed by atoms with Crippen molar-refractivity contribution in [2.45, 2.75) is 110 Å². The molecule has 3 unspecified atom stereocenters. The number of pyridine rings is 1. The van der Waals surface area contributed by atoms with Gasteiger partial charge in [0, 0.05) is 36.4 Å². The second kappa shape index (κ2) is 16.4. The summed E-state index contributed by atoms with van der Waals surface area (Å²) in [4.78, 5) is 14.1. The van der Waals surface area contributed by atoms with E-state index in [1.165, 1.54) is 37.7 Å². The number of aryl methyl sites for hydroxylation is 1. The lowest BCUT2D eigenvalue weighted by Gasteiger charge is -2.38. The van der Waals surface area contributed by atoms with Gasteiger partial charge in [-0.05, 0) is 75.6 Å². The monoisotopic (exact) mass is 561 g/mol. The predicted octanol–water partition coefficient (Wildman–Crippen LogP) is 5.90. The van der Waals surface area contributed by atoms with Crippen LogP contribution in [0.4, 0.5) is 0 Å². The highest BCUT2D eigenvalue weighted by atomic mass is 32.2. The third kappa shape index (κ3) is 9.94. The van der Waals surface area contributed by atoms with Gasteiger partial charge in [-0.2, -0.15) is 0 Å². The topological polar surface area (TPSA) is 97.2 Å². The quantitative estimate of drug-likeness (QED) is 0.0862. The Kier molecular flexibility index (Phi) is 13.3. The molecule has 0 amide bonds. The molecule has 1 aromatic heterocycles. The average molecular weight is 562 g/mol. The van der Waals surface area contributed by atoms with E-state index in [0.29, 0.717) is 24.4 Å². The molecule has 1 saturated carbocycles. The minimum atomic E-state index is -0.931. The van der Waals surface area contributed by atoms with Crippen LogP contribution in [0.2, 0.25) is 0 Å². The summed E-state index contributed by atoms with van der Waals surface area (Å²) in [5.74, 6) is 3.48. The zero-order valence-corrected chi connectivity index (χ0v) is 25.5. The zero-order valence-electron chi connectivity index (χ0n) is 24.7. The summed E-state index contributed by atoms with van der Waals surface area (Å²) in [6, 6.07) is 2.24. The molecule has 0 bridgehead atoms. The van der Waals surface area contributed by atoms with Crippen molar-refractivity contribution in [3.8, 4) is 5.75 Å². The van der Waals surface area contributed by atoms with Crippen molar-refractivity contribution in [1.82, 2.24) is 15.0 Å². The van der Waals surface area contributed by atoms with Gasteiger partial charge in [0.15, 0.2) is 12.6 Å². The van der Waals surface area contributed by atoms with Gasteiger partial charge in [0.1, 0.15) is 11.4 Å². The van der Waals surface area contributed by atoms with E-state index in [2.05, 4.69) is 46.8 Å². The molecule has 0 radical (unpaired) electrons. The van der Waals surface area contributed by atoms with Gasteiger partial charge in [-0.3, -0.25) is 10.3 Å². The lowest BCUT2D eigenvalue weighted by molar-refractivity contribution is 0.0296. The van der Waals surface area contributed by atoms with E-state index in [-0.39, 0.29) is 11.5 Å². The predicted molar refractivity (Wildman–Crippen MR) is 162 cm³/mol. The highest BCUT2D eigenvalue weighted by Crippen LogP contribution is 2.38. The first-order valence-corrected chi connectivity index (χ1v) is 16.4. The largest absolute Gasteiger partial charge is 0.485 e. The van der Waals surface area contributed by atoms with Crippen LogP contribution in [0.1, 0.15) is 109 Å². The van der Waals surface area contributed by atoms with E-state index < -0.39 is 11.0 Å². The van der Waals surface area contributed by atoms with Crippen molar-refractivity contribution in [1.29, 1.82) is 0 Å².